The van der Waals surface area contributed by atoms with Crippen molar-refractivity contribution in [3.8, 4) is 11.1 Å². The Hall–Kier alpha value is -2.84. The Morgan fingerprint density at radius 3 is 2.61 bits per heavy atom. The van der Waals surface area contributed by atoms with Crippen LogP contribution in [-0.2, 0) is 22.8 Å². The van der Waals surface area contributed by atoms with Crippen molar-refractivity contribution in [2.24, 2.45) is 18.9 Å². The molecule has 1 aromatic carbocycles. The van der Waals surface area contributed by atoms with Gasteiger partial charge in [0.1, 0.15) is 0 Å². The van der Waals surface area contributed by atoms with E-state index in [9.17, 15) is 22.8 Å². The van der Waals surface area contributed by atoms with Gasteiger partial charge >= 0.3 is 6.18 Å². The molecule has 2 aromatic rings. The third kappa shape index (κ3) is 5.30. The smallest absolute Gasteiger partial charge is 0.365 e. The first-order chi connectivity index (χ1) is 17.0. The Morgan fingerprint density at radius 2 is 1.94 bits per heavy atom. The third-order valence-corrected chi connectivity index (χ3v) is 7.01. The van der Waals surface area contributed by atoms with Crippen LogP contribution in [0.1, 0.15) is 55.6 Å². The molecule has 4 rings (SSSR count). The van der Waals surface area contributed by atoms with Crippen LogP contribution in [0.3, 0.4) is 0 Å². The highest BCUT2D eigenvalue weighted by Gasteiger charge is 2.39. The third-order valence-electron chi connectivity index (χ3n) is 6.76. The van der Waals surface area contributed by atoms with Gasteiger partial charge in [0.15, 0.2) is 0 Å². The lowest BCUT2D eigenvalue weighted by Crippen LogP contribution is -2.26. The lowest BCUT2D eigenvalue weighted by molar-refractivity contribution is -0.137. The fraction of sp³-hybridized carbons (Fsp3) is 0.407. The first kappa shape index (κ1) is 26.2. The maximum atomic E-state index is 13.8. The predicted molar refractivity (Wildman–Crippen MR) is 132 cm³/mol. The van der Waals surface area contributed by atoms with Crippen LogP contribution in [-0.4, -0.2) is 17.0 Å². The molecule has 2 heterocycles. The molecule has 1 aromatic heterocycles. The van der Waals surface area contributed by atoms with E-state index in [0.717, 1.165) is 12.1 Å². The van der Waals surface area contributed by atoms with Crippen LogP contribution in [0.4, 0.5) is 13.2 Å². The number of hydrogen-bond donors (Lipinski definition) is 1. The Kier molecular flexibility index (Phi) is 7.48. The number of hydrogen-bond acceptors (Lipinski definition) is 3. The molecule has 4 atom stereocenters. The number of alkyl halides is 3. The number of rotatable bonds is 5. The molecule has 2 unspecified atom stereocenters. The number of fused-ring (bicyclic) bond motifs is 3. The van der Waals surface area contributed by atoms with Crippen molar-refractivity contribution in [2.45, 2.75) is 45.1 Å². The van der Waals surface area contributed by atoms with Crippen LogP contribution in [0.25, 0.3) is 11.1 Å². The van der Waals surface area contributed by atoms with Crippen molar-refractivity contribution < 1.29 is 22.7 Å². The van der Waals surface area contributed by atoms with Gasteiger partial charge < -0.3 is 14.6 Å². The maximum Gasteiger partial charge on any atom is 0.416 e. The quantitative estimate of drug-likeness (QED) is 0.522. The number of carbonyl (C=O) groups excluding carboxylic acids is 1. The standard InChI is InChI=1S/C27H28ClF3N2O3/c1-4-32-24(34)10-9-23-20-13-25(35)33(3)14-22(20)19-7-5-16(27(29,30)31)12-21(19)26(36-23)18-8-6-17(28)11-15(18)2/h5-8,11-15,18,23,26H,4,9-10H2,1-3H3,(H,32,34)/t15?,18?,23-,26+/m1/s1. The average Bonchev–Trinajstić information content (AvgIpc) is 2.92. The lowest BCUT2D eigenvalue weighted by atomic mass is 9.80. The zero-order valence-electron chi connectivity index (χ0n) is 20.2. The molecular weight excluding hydrogens is 493 g/mol. The van der Waals surface area contributed by atoms with Gasteiger partial charge in [-0.05, 0) is 54.2 Å². The fourth-order valence-corrected chi connectivity index (χ4v) is 5.19. The summed E-state index contributed by atoms with van der Waals surface area (Å²) in [6.45, 7) is 4.23. The number of nitrogens with one attached hydrogen (secondary N) is 1. The van der Waals surface area contributed by atoms with E-state index in [1.807, 2.05) is 26.0 Å². The highest BCUT2D eigenvalue weighted by Crippen LogP contribution is 2.49. The van der Waals surface area contributed by atoms with Gasteiger partial charge in [0, 0.05) is 48.8 Å². The molecular formula is C27H28ClF3N2O3. The normalized spacial score (nSPS) is 23.4. The zero-order chi connectivity index (χ0) is 26.2. The minimum absolute atomic E-state index is 0.119. The van der Waals surface area contributed by atoms with Crippen LogP contribution in [0.5, 0.6) is 0 Å². The number of amides is 1. The molecule has 0 bridgehead atoms. The van der Waals surface area contributed by atoms with E-state index < -0.39 is 23.9 Å². The molecule has 5 nitrogen and oxygen atoms in total. The van der Waals surface area contributed by atoms with Gasteiger partial charge in [-0.2, -0.15) is 13.2 Å². The number of aryl methyl sites for hydroxylation is 1. The summed E-state index contributed by atoms with van der Waals surface area (Å²) in [6, 6.07) is 5.10. The van der Waals surface area contributed by atoms with Crippen molar-refractivity contribution >= 4 is 17.5 Å². The molecule has 1 aliphatic carbocycles. The second-order valence-electron chi connectivity index (χ2n) is 9.28. The van der Waals surface area contributed by atoms with Gasteiger partial charge in [0.05, 0.1) is 17.8 Å². The highest BCUT2D eigenvalue weighted by atomic mass is 35.5. The second-order valence-corrected chi connectivity index (χ2v) is 9.71. The number of carbonyl (C=O) groups is 1. The molecule has 1 amide bonds. The zero-order valence-corrected chi connectivity index (χ0v) is 21.0. The van der Waals surface area contributed by atoms with Gasteiger partial charge in [-0.15, -0.1) is 0 Å². The van der Waals surface area contributed by atoms with Crippen molar-refractivity contribution in [3.63, 3.8) is 0 Å². The van der Waals surface area contributed by atoms with Crippen molar-refractivity contribution in [2.75, 3.05) is 6.54 Å². The molecule has 1 aliphatic heterocycles. The van der Waals surface area contributed by atoms with Crippen molar-refractivity contribution in [1.29, 1.82) is 0 Å². The van der Waals surface area contributed by atoms with Crippen molar-refractivity contribution in [3.05, 3.63) is 80.8 Å². The average molecular weight is 521 g/mol. The molecule has 0 saturated carbocycles. The highest BCUT2D eigenvalue weighted by molar-refractivity contribution is 6.31. The predicted octanol–water partition coefficient (Wildman–Crippen LogP) is 6.04. The van der Waals surface area contributed by atoms with Gasteiger partial charge in [-0.3, -0.25) is 9.59 Å². The first-order valence-corrected chi connectivity index (χ1v) is 12.3. The van der Waals surface area contributed by atoms with E-state index in [2.05, 4.69) is 5.32 Å². The summed E-state index contributed by atoms with van der Waals surface area (Å²) >= 11 is 6.19. The van der Waals surface area contributed by atoms with Gasteiger partial charge in [-0.1, -0.05) is 36.7 Å². The van der Waals surface area contributed by atoms with E-state index in [0.29, 0.717) is 33.8 Å². The molecule has 2 aliphatic rings. The Balaban J connectivity index is 1.90. The molecule has 9 heteroatoms. The summed E-state index contributed by atoms with van der Waals surface area (Å²) in [7, 11) is 1.60. The number of pyridine rings is 1. The molecule has 36 heavy (non-hydrogen) atoms. The van der Waals surface area contributed by atoms with E-state index >= 15 is 0 Å². The Bertz CT molecular complexity index is 1280. The van der Waals surface area contributed by atoms with Crippen LogP contribution in [0, 0.1) is 11.8 Å². The SMILES string of the molecule is CCNC(=O)CC[C@H]1O[C@@H](C2C=CC(Cl)=CC2C)c2cc(C(F)(F)F)ccc2-c2cn(C)c(=O)cc21. The summed E-state index contributed by atoms with van der Waals surface area (Å²) < 4.78 is 49.2. The maximum absolute atomic E-state index is 13.8. The minimum Gasteiger partial charge on any atom is -0.365 e. The van der Waals surface area contributed by atoms with Gasteiger partial charge in [0.25, 0.3) is 5.56 Å². The first-order valence-electron chi connectivity index (χ1n) is 11.9. The van der Waals surface area contributed by atoms with E-state index in [4.69, 9.17) is 16.3 Å². The van der Waals surface area contributed by atoms with Crippen LogP contribution in [0.2, 0.25) is 0 Å². The Labute approximate surface area is 212 Å². The molecule has 192 valence electrons. The lowest BCUT2D eigenvalue weighted by Gasteiger charge is -2.33. The summed E-state index contributed by atoms with van der Waals surface area (Å²) in [5.74, 6) is -0.590. The second kappa shape index (κ2) is 10.3. The van der Waals surface area contributed by atoms with Crippen LogP contribution >= 0.6 is 11.6 Å². The van der Waals surface area contributed by atoms with Crippen molar-refractivity contribution in [1.82, 2.24) is 9.88 Å². The monoisotopic (exact) mass is 520 g/mol. The molecule has 1 N–H and O–H groups in total. The van der Waals surface area contributed by atoms with Gasteiger partial charge in [-0.25, -0.2) is 0 Å². The largest absolute Gasteiger partial charge is 0.416 e. The molecule has 0 fully saturated rings. The van der Waals surface area contributed by atoms with Crippen LogP contribution in [0.15, 0.2) is 58.5 Å². The molecule has 0 radical (unpaired) electrons. The minimum atomic E-state index is -4.53. The number of allylic oxidation sites excluding steroid dienone is 3. The number of benzene rings is 1. The summed E-state index contributed by atoms with van der Waals surface area (Å²) in [5, 5.41) is 3.31. The molecule has 0 spiro atoms. The molecule has 0 saturated heterocycles. The summed E-state index contributed by atoms with van der Waals surface area (Å²) in [5.41, 5.74) is 1.09. The number of aromatic nitrogens is 1. The topological polar surface area (TPSA) is 60.3 Å². The van der Waals surface area contributed by atoms with E-state index in [1.54, 1.807) is 19.3 Å². The Morgan fingerprint density at radius 1 is 1.19 bits per heavy atom. The summed E-state index contributed by atoms with van der Waals surface area (Å²) in [4.78, 5) is 24.9. The number of nitrogens with zero attached hydrogens (tertiary/aromatic N) is 1. The van der Waals surface area contributed by atoms with Crippen LogP contribution < -0.4 is 10.9 Å². The van der Waals surface area contributed by atoms with Gasteiger partial charge in [0.2, 0.25) is 5.91 Å². The fourth-order valence-electron chi connectivity index (χ4n) is 4.92. The summed E-state index contributed by atoms with van der Waals surface area (Å²) in [6.07, 6.45) is 1.50. The van der Waals surface area contributed by atoms with E-state index in [-0.39, 0.29) is 36.1 Å². The number of halogens is 4. The number of ether oxygens (including phenoxy) is 1. The van der Waals surface area contributed by atoms with E-state index in [1.165, 1.54) is 16.7 Å².